The predicted octanol–water partition coefficient (Wildman–Crippen LogP) is 4.33. The number of rotatable bonds is 4. The second kappa shape index (κ2) is 6.86. The van der Waals surface area contributed by atoms with Crippen molar-refractivity contribution in [1.82, 2.24) is 0 Å². The second-order valence-electron chi connectivity index (χ2n) is 4.21. The van der Waals surface area contributed by atoms with Crippen LogP contribution in [0.25, 0.3) is 6.08 Å². The summed E-state index contributed by atoms with van der Waals surface area (Å²) in [6.07, 6.45) is 5.72. The normalized spacial score (nSPS) is 13.1. The smallest absolute Gasteiger partial charge is 0.0775 e. The third-order valence-electron chi connectivity index (χ3n) is 2.65. The van der Waals surface area contributed by atoms with Gasteiger partial charge in [-0.2, -0.15) is 0 Å². The van der Waals surface area contributed by atoms with Crippen molar-refractivity contribution in [2.75, 3.05) is 0 Å². The maximum absolute atomic E-state index is 12.0. The van der Waals surface area contributed by atoms with E-state index in [1.165, 1.54) is 5.56 Å². The van der Waals surface area contributed by atoms with Crippen LogP contribution in [-0.4, -0.2) is 4.21 Å². The average Bonchev–Trinajstić information content (AvgIpc) is 2.45. The fourth-order valence-corrected chi connectivity index (χ4v) is 2.39. The zero-order chi connectivity index (χ0) is 13.5. The van der Waals surface area contributed by atoms with Crippen LogP contribution in [0.15, 0.2) is 77.1 Å². The Morgan fingerprint density at radius 1 is 0.895 bits per heavy atom. The van der Waals surface area contributed by atoms with Crippen LogP contribution in [0.4, 0.5) is 0 Å². The molecule has 0 aliphatic rings. The van der Waals surface area contributed by atoms with Crippen molar-refractivity contribution in [2.24, 2.45) is 0 Å². The van der Waals surface area contributed by atoms with Gasteiger partial charge in [-0.15, -0.1) is 0 Å². The highest BCUT2D eigenvalue weighted by atomic mass is 32.2. The number of hydrogen-bond donors (Lipinski definition) is 0. The van der Waals surface area contributed by atoms with E-state index in [0.717, 1.165) is 10.5 Å². The van der Waals surface area contributed by atoms with Gasteiger partial charge in [-0.05, 0) is 24.6 Å². The van der Waals surface area contributed by atoms with Crippen LogP contribution < -0.4 is 0 Å². The SMILES string of the molecule is Cc1ccc(S(=O)/C=C/C=C/c2ccccc2)cc1. The highest BCUT2D eigenvalue weighted by Gasteiger charge is 1.97. The highest BCUT2D eigenvalue weighted by molar-refractivity contribution is 7.88. The van der Waals surface area contributed by atoms with Gasteiger partial charge in [0, 0.05) is 10.3 Å². The Hall–Kier alpha value is -1.93. The van der Waals surface area contributed by atoms with Gasteiger partial charge in [-0.1, -0.05) is 66.3 Å². The topological polar surface area (TPSA) is 17.1 Å². The molecule has 2 rings (SSSR count). The standard InChI is InChI=1S/C17H16OS/c1-15-10-12-17(13-11-15)19(18)14-6-5-9-16-7-3-2-4-8-16/h2-14H,1H3/b9-5+,14-6+. The molecule has 0 heterocycles. The van der Waals surface area contributed by atoms with Crippen molar-refractivity contribution < 1.29 is 4.21 Å². The summed E-state index contributed by atoms with van der Waals surface area (Å²) >= 11 is 0. The Bertz CT molecular complexity index is 595. The van der Waals surface area contributed by atoms with Crippen molar-refractivity contribution in [3.8, 4) is 0 Å². The molecule has 0 aromatic heterocycles. The van der Waals surface area contributed by atoms with Crippen LogP contribution in [0.1, 0.15) is 11.1 Å². The van der Waals surface area contributed by atoms with Gasteiger partial charge in [-0.3, -0.25) is 0 Å². The molecule has 2 heteroatoms. The molecule has 0 amide bonds. The van der Waals surface area contributed by atoms with Gasteiger partial charge in [0.25, 0.3) is 0 Å². The van der Waals surface area contributed by atoms with Gasteiger partial charge in [0.2, 0.25) is 0 Å². The van der Waals surface area contributed by atoms with Gasteiger partial charge >= 0.3 is 0 Å². The van der Waals surface area contributed by atoms with Crippen LogP contribution in [-0.2, 0) is 10.8 Å². The van der Waals surface area contributed by atoms with E-state index in [0.29, 0.717) is 0 Å². The van der Waals surface area contributed by atoms with E-state index in [9.17, 15) is 4.21 Å². The lowest BCUT2D eigenvalue weighted by atomic mass is 10.2. The molecule has 0 N–H and O–H groups in total. The molecule has 1 unspecified atom stereocenters. The maximum atomic E-state index is 12.0. The monoisotopic (exact) mass is 268 g/mol. The first-order valence-corrected chi connectivity index (χ1v) is 7.34. The van der Waals surface area contributed by atoms with E-state index < -0.39 is 10.8 Å². The molecule has 1 nitrogen and oxygen atoms in total. The van der Waals surface area contributed by atoms with E-state index in [1.54, 1.807) is 5.41 Å². The third-order valence-corrected chi connectivity index (χ3v) is 3.80. The molecule has 1 atom stereocenters. The van der Waals surface area contributed by atoms with E-state index in [1.807, 2.05) is 79.7 Å². The molecule has 0 bridgehead atoms. The Morgan fingerprint density at radius 3 is 2.26 bits per heavy atom. The van der Waals surface area contributed by atoms with Crippen molar-refractivity contribution in [2.45, 2.75) is 11.8 Å². The van der Waals surface area contributed by atoms with Crippen LogP contribution >= 0.6 is 0 Å². The molecular weight excluding hydrogens is 252 g/mol. The van der Waals surface area contributed by atoms with Crippen LogP contribution in [0, 0.1) is 6.92 Å². The van der Waals surface area contributed by atoms with Gasteiger partial charge in [-0.25, -0.2) is 4.21 Å². The van der Waals surface area contributed by atoms with E-state index in [4.69, 9.17) is 0 Å². The fourth-order valence-electron chi connectivity index (χ4n) is 1.60. The molecule has 0 saturated carbocycles. The first-order valence-electron chi connectivity index (χ1n) is 6.13. The summed E-state index contributed by atoms with van der Waals surface area (Å²) in [6, 6.07) is 17.8. The largest absolute Gasteiger partial charge is 0.250 e. The van der Waals surface area contributed by atoms with Gasteiger partial charge in [0.1, 0.15) is 0 Å². The maximum Gasteiger partial charge on any atom is 0.0775 e. The summed E-state index contributed by atoms with van der Waals surface area (Å²) in [5, 5.41) is 1.70. The zero-order valence-corrected chi connectivity index (χ0v) is 11.6. The van der Waals surface area contributed by atoms with E-state index >= 15 is 0 Å². The molecule has 0 radical (unpaired) electrons. The molecule has 96 valence electrons. The molecule has 0 saturated heterocycles. The van der Waals surface area contributed by atoms with Crippen molar-refractivity contribution in [3.63, 3.8) is 0 Å². The summed E-state index contributed by atoms with van der Waals surface area (Å²) in [4.78, 5) is 0.829. The molecular formula is C17H16OS. The summed E-state index contributed by atoms with van der Waals surface area (Å²) in [5.74, 6) is 0. The number of allylic oxidation sites excluding steroid dienone is 2. The highest BCUT2D eigenvalue weighted by Crippen LogP contribution is 2.09. The van der Waals surface area contributed by atoms with Crippen LogP contribution in [0.3, 0.4) is 0 Å². The average molecular weight is 268 g/mol. The summed E-state index contributed by atoms with van der Waals surface area (Å²) in [5.41, 5.74) is 2.31. The quantitative estimate of drug-likeness (QED) is 0.754. The molecule has 0 aliphatic carbocycles. The summed E-state index contributed by atoms with van der Waals surface area (Å²) in [7, 11) is -1.08. The Kier molecular flexibility index (Phi) is 4.87. The van der Waals surface area contributed by atoms with E-state index in [-0.39, 0.29) is 0 Å². The molecule has 0 aliphatic heterocycles. The first kappa shape index (κ1) is 13.5. The van der Waals surface area contributed by atoms with Crippen molar-refractivity contribution in [3.05, 3.63) is 83.3 Å². The van der Waals surface area contributed by atoms with Gasteiger partial charge < -0.3 is 0 Å². The minimum absolute atomic E-state index is 0.829. The fraction of sp³-hybridized carbons (Fsp3) is 0.0588. The lowest BCUT2D eigenvalue weighted by Crippen LogP contribution is -1.85. The lowest BCUT2D eigenvalue weighted by Gasteiger charge is -1.96. The van der Waals surface area contributed by atoms with Crippen LogP contribution in [0.2, 0.25) is 0 Å². The van der Waals surface area contributed by atoms with Crippen molar-refractivity contribution in [1.29, 1.82) is 0 Å². The Morgan fingerprint density at radius 2 is 1.58 bits per heavy atom. The minimum Gasteiger partial charge on any atom is -0.250 e. The second-order valence-corrected chi connectivity index (χ2v) is 5.55. The molecule has 0 spiro atoms. The Labute approximate surface area is 116 Å². The Balaban J connectivity index is 1.97. The lowest BCUT2D eigenvalue weighted by molar-refractivity contribution is 0.688. The molecule has 19 heavy (non-hydrogen) atoms. The number of hydrogen-bond acceptors (Lipinski definition) is 1. The summed E-state index contributed by atoms with van der Waals surface area (Å²) < 4.78 is 12.0. The molecule has 0 fully saturated rings. The first-order chi connectivity index (χ1) is 9.25. The van der Waals surface area contributed by atoms with Gasteiger partial charge in [0.05, 0.1) is 10.8 Å². The molecule has 2 aromatic rings. The van der Waals surface area contributed by atoms with Gasteiger partial charge in [0.15, 0.2) is 0 Å². The minimum atomic E-state index is -1.08. The molecule has 2 aromatic carbocycles. The van der Waals surface area contributed by atoms with Crippen LogP contribution in [0.5, 0.6) is 0 Å². The van der Waals surface area contributed by atoms with E-state index in [2.05, 4.69) is 0 Å². The number of aryl methyl sites for hydroxylation is 1. The third kappa shape index (κ3) is 4.34. The summed E-state index contributed by atoms with van der Waals surface area (Å²) in [6.45, 7) is 2.02. The number of benzene rings is 2. The predicted molar refractivity (Wildman–Crippen MR) is 82.2 cm³/mol. The zero-order valence-electron chi connectivity index (χ0n) is 10.8. The van der Waals surface area contributed by atoms with Crippen molar-refractivity contribution >= 4 is 16.9 Å².